The molecule has 1 aromatic carbocycles. The van der Waals surface area contributed by atoms with Crippen LogP contribution in [0.1, 0.15) is 37.5 Å². The Morgan fingerprint density at radius 1 is 1.37 bits per heavy atom. The van der Waals surface area contributed by atoms with Crippen LogP contribution in [0.5, 0.6) is 0 Å². The molecule has 1 atom stereocenters. The molecule has 0 fully saturated rings. The number of hydrogen-bond acceptors (Lipinski definition) is 2. The van der Waals surface area contributed by atoms with E-state index in [1.807, 2.05) is 26.0 Å². The van der Waals surface area contributed by atoms with Crippen molar-refractivity contribution < 1.29 is 14.7 Å². The van der Waals surface area contributed by atoms with Crippen LogP contribution in [0, 0.1) is 13.8 Å². The number of amides is 1. The minimum atomic E-state index is -1.35. The maximum absolute atomic E-state index is 11.8. The van der Waals surface area contributed by atoms with Crippen molar-refractivity contribution >= 4 is 12.4 Å². The summed E-state index contributed by atoms with van der Waals surface area (Å²) in [4.78, 5) is 24.4. The molecule has 4 nitrogen and oxygen atoms in total. The topological polar surface area (TPSA) is 57.6 Å². The van der Waals surface area contributed by atoms with Gasteiger partial charge < -0.3 is 10.0 Å². The summed E-state index contributed by atoms with van der Waals surface area (Å²) in [6.07, 6.45) is 0.609. The summed E-state index contributed by atoms with van der Waals surface area (Å²) in [7, 11) is 0. The van der Waals surface area contributed by atoms with Crippen molar-refractivity contribution in [1.82, 2.24) is 4.90 Å². The Balaban J connectivity index is 3.49. The van der Waals surface area contributed by atoms with Gasteiger partial charge in [-0.2, -0.15) is 0 Å². The lowest BCUT2D eigenvalue weighted by molar-refractivity contribution is -0.156. The second-order valence-electron chi connectivity index (χ2n) is 5.30. The molecular formula is C15H21NO3. The van der Waals surface area contributed by atoms with E-state index in [-0.39, 0.29) is 6.04 Å². The predicted molar refractivity (Wildman–Crippen MR) is 73.9 cm³/mol. The lowest BCUT2D eigenvalue weighted by atomic mass is 9.85. The Morgan fingerprint density at radius 2 is 1.95 bits per heavy atom. The maximum atomic E-state index is 11.8. The maximum Gasteiger partial charge on any atom is 0.334 e. The van der Waals surface area contributed by atoms with Gasteiger partial charge in [-0.15, -0.1) is 0 Å². The molecular weight excluding hydrogens is 242 g/mol. The standard InChI is InChI=1S/C15H21NO3/c1-10(2)16(9-17)15(5,14(18)19)13-7-6-11(3)8-12(13)4/h6-10H,1-5H3,(H,18,19). The Morgan fingerprint density at radius 3 is 2.32 bits per heavy atom. The molecule has 1 amide bonds. The fraction of sp³-hybridized carbons (Fsp3) is 0.467. The van der Waals surface area contributed by atoms with Crippen LogP contribution in [0.15, 0.2) is 18.2 Å². The van der Waals surface area contributed by atoms with E-state index in [9.17, 15) is 14.7 Å². The molecule has 1 rings (SSSR count). The highest BCUT2D eigenvalue weighted by Crippen LogP contribution is 2.32. The Bertz CT molecular complexity index is 496. The lowest BCUT2D eigenvalue weighted by Gasteiger charge is -2.39. The number of benzene rings is 1. The van der Waals surface area contributed by atoms with Crippen LogP contribution < -0.4 is 0 Å². The largest absolute Gasteiger partial charge is 0.479 e. The number of aryl methyl sites for hydroxylation is 2. The highest BCUT2D eigenvalue weighted by Gasteiger charge is 2.43. The van der Waals surface area contributed by atoms with E-state index in [4.69, 9.17) is 0 Å². The molecule has 1 N–H and O–H groups in total. The first-order chi connectivity index (χ1) is 8.75. The summed E-state index contributed by atoms with van der Waals surface area (Å²) in [6, 6.07) is 5.39. The van der Waals surface area contributed by atoms with Crippen molar-refractivity contribution in [1.29, 1.82) is 0 Å². The van der Waals surface area contributed by atoms with Gasteiger partial charge in [0.15, 0.2) is 5.54 Å². The first-order valence-corrected chi connectivity index (χ1v) is 6.30. The number of aliphatic carboxylic acids is 1. The quantitative estimate of drug-likeness (QED) is 0.830. The molecule has 104 valence electrons. The summed E-state index contributed by atoms with van der Waals surface area (Å²) >= 11 is 0. The van der Waals surface area contributed by atoms with Gasteiger partial charge in [-0.05, 0) is 45.7 Å². The molecule has 1 aromatic rings. The van der Waals surface area contributed by atoms with Crippen molar-refractivity contribution in [3.05, 3.63) is 34.9 Å². The molecule has 0 heterocycles. The van der Waals surface area contributed by atoms with Gasteiger partial charge in [0.2, 0.25) is 6.41 Å². The first kappa shape index (κ1) is 15.2. The van der Waals surface area contributed by atoms with Crippen molar-refractivity contribution in [3.63, 3.8) is 0 Å². The van der Waals surface area contributed by atoms with Crippen LogP contribution in [0.2, 0.25) is 0 Å². The number of hydrogen-bond donors (Lipinski definition) is 1. The highest BCUT2D eigenvalue weighted by molar-refractivity contribution is 5.83. The molecule has 0 bridgehead atoms. The summed E-state index contributed by atoms with van der Waals surface area (Å²) in [5.41, 5.74) is 1.23. The minimum absolute atomic E-state index is 0.195. The number of rotatable bonds is 5. The number of nitrogens with zero attached hydrogens (tertiary/aromatic N) is 1. The number of carboxylic acids is 1. The van der Waals surface area contributed by atoms with Crippen LogP contribution in [-0.2, 0) is 15.1 Å². The van der Waals surface area contributed by atoms with Crippen molar-refractivity contribution in [2.24, 2.45) is 0 Å². The zero-order valence-electron chi connectivity index (χ0n) is 12.1. The Kier molecular flexibility index (Phi) is 4.35. The summed E-state index contributed by atoms with van der Waals surface area (Å²) in [5.74, 6) is -1.03. The van der Waals surface area contributed by atoms with Crippen molar-refractivity contribution in [2.75, 3.05) is 0 Å². The molecule has 0 saturated heterocycles. The third kappa shape index (κ3) is 2.62. The van der Waals surface area contributed by atoms with E-state index in [1.165, 1.54) is 4.90 Å². The zero-order chi connectivity index (χ0) is 14.8. The molecule has 19 heavy (non-hydrogen) atoms. The van der Waals surface area contributed by atoms with E-state index in [2.05, 4.69) is 0 Å². The average molecular weight is 263 g/mol. The lowest BCUT2D eigenvalue weighted by Crippen LogP contribution is -2.52. The van der Waals surface area contributed by atoms with Crippen molar-refractivity contribution in [2.45, 2.75) is 46.2 Å². The smallest absolute Gasteiger partial charge is 0.334 e. The average Bonchev–Trinajstić information content (AvgIpc) is 2.28. The normalized spacial score (nSPS) is 14.0. The summed E-state index contributed by atoms with van der Waals surface area (Å²) < 4.78 is 0. The molecule has 1 unspecified atom stereocenters. The number of carbonyl (C=O) groups is 2. The molecule has 0 saturated carbocycles. The molecule has 0 aliphatic rings. The van der Waals surface area contributed by atoms with Gasteiger partial charge in [0, 0.05) is 6.04 Å². The molecule has 0 aliphatic heterocycles. The molecule has 0 spiro atoms. The van der Waals surface area contributed by atoms with Gasteiger partial charge in [-0.3, -0.25) is 4.79 Å². The molecule has 4 heteroatoms. The van der Waals surface area contributed by atoms with Gasteiger partial charge in [0.05, 0.1) is 0 Å². The second kappa shape index (κ2) is 5.43. The predicted octanol–water partition coefficient (Wildman–Crippen LogP) is 2.47. The minimum Gasteiger partial charge on any atom is -0.479 e. The first-order valence-electron chi connectivity index (χ1n) is 6.30. The van der Waals surface area contributed by atoms with Gasteiger partial charge >= 0.3 is 5.97 Å². The van der Waals surface area contributed by atoms with Crippen LogP contribution in [-0.4, -0.2) is 28.4 Å². The summed E-state index contributed by atoms with van der Waals surface area (Å²) in [6.45, 7) is 9.00. The fourth-order valence-corrected chi connectivity index (χ4v) is 2.47. The summed E-state index contributed by atoms with van der Waals surface area (Å²) in [5, 5.41) is 9.63. The monoisotopic (exact) mass is 263 g/mol. The second-order valence-corrected chi connectivity index (χ2v) is 5.30. The number of carboxylic acid groups (broad SMARTS) is 1. The Hall–Kier alpha value is -1.84. The third-order valence-corrected chi connectivity index (χ3v) is 3.51. The fourth-order valence-electron chi connectivity index (χ4n) is 2.47. The molecule has 0 aromatic heterocycles. The van der Waals surface area contributed by atoms with Gasteiger partial charge in [0.1, 0.15) is 0 Å². The van der Waals surface area contributed by atoms with Gasteiger partial charge in [-0.25, -0.2) is 4.79 Å². The van der Waals surface area contributed by atoms with Gasteiger partial charge in [-0.1, -0.05) is 23.8 Å². The van der Waals surface area contributed by atoms with E-state index >= 15 is 0 Å². The van der Waals surface area contributed by atoms with Crippen LogP contribution in [0.3, 0.4) is 0 Å². The third-order valence-electron chi connectivity index (χ3n) is 3.51. The number of carbonyl (C=O) groups excluding carboxylic acids is 1. The van der Waals surface area contributed by atoms with E-state index < -0.39 is 11.5 Å². The molecule has 0 aliphatic carbocycles. The highest BCUT2D eigenvalue weighted by atomic mass is 16.4. The van der Waals surface area contributed by atoms with Gasteiger partial charge in [0.25, 0.3) is 0 Å². The molecule has 0 radical (unpaired) electrons. The van der Waals surface area contributed by atoms with Crippen LogP contribution in [0.4, 0.5) is 0 Å². The van der Waals surface area contributed by atoms with E-state index in [0.717, 1.165) is 11.1 Å². The SMILES string of the molecule is Cc1ccc(C(C)(C(=O)O)N(C=O)C(C)C)c(C)c1. The van der Waals surface area contributed by atoms with Crippen molar-refractivity contribution in [3.8, 4) is 0 Å². The van der Waals surface area contributed by atoms with E-state index in [1.54, 1.807) is 26.8 Å². The zero-order valence-corrected chi connectivity index (χ0v) is 12.1. The van der Waals surface area contributed by atoms with E-state index in [0.29, 0.717) is 12.0 Å². The Labute approximate surface area is 114 Å². The van der Waals surface area contributed by atoms with Crippen LogP contribution >= 0.6 is 0 Å². The van der Waals surface area contributed by atoms with Crippen LogP contribution in [0.25, 0.3) is 0 Å².